The first-order valence-electron chi connectivity index (χ1n) is 8.65. The Bertz CT molecular complexity index is 906. The van der Waals surface area contributed by atoms with Gasteiger partial charge in [0.1, 0.15) is 18.4 Å². The lowest BCUT2D eigenvalue weighted by Crippen LogP contribution is -2.59. The van der Waals surface area contributed by atoms with E-state index in [2.05, 4.69) is 0 Å². The first-order valence-corrected chi connectivity index (χ1v) is 8.65. The van der Waals surface area contributed by atoms with E-state index in [9.17, 15) is 24.6 Å². The lowest BCUT2D eigenvalue weighted by atomic mass is 9.82. The van der Waals surface area contributed by atoms with Gasteiger partial charge in [-0.15, -0.1) is 0 Å². The first kappa shape index (κ1) is 19.1. The lowest BCUT2D eigenvalue weighted by Gasteiger charge is -2.47. The number of hydroxylamine groups is 1. The van der Waals surface area contributed by atoms with Gasteiger partial charge in [-0.3, -0.25) is 4.90 Å². The summed E-state index contributed by atoms with van der Waals surface area (Å²) >= 11 is 0. The molecule has 0 saturated carbocycles. The molecule has 2 bridgehead atoms. The highest BCUT2D eigenvalue weighted by Gasteiger charge is 2.72. The Morgan fingerprint density at radius 1 is 1.31 bits per heavy atom. The number of phenols is 1. The molecule has 4 N–H and O–H groups in total. The number of nitrogens with zero attached hydrogens (tertiary/aromatic N) is 2. The summed E-state index contributed by atoms with van der Waals surface area (Å²) in [6, 6.07) is 1.36. The maximum absolute atomic E-state index is 12.1. The van der Waals surface area contributed by atoms with Crippen LogP contribution in [-0.4, -0.2) is 78.5 Å². The minimum absolute atomic E-state index is 0.0510. The van der Waals surface area contributed by atoms with Gasteiger partial charge in [-0.2, -0.15) is 0 Å². The number of nitrogens with two attached hydrogens (primary N) is 1. The van der Waals surface area contributed by atoms with Gasteiger partial charge in [0.15, 0.2) is 0 Å². The number of fused-ring (bicyclic) bond motifs is 6. The molecule has 2 saturated heterocycles. The molecule has 29 heavy (non-hydrogen) atoms. The van der Waals surface area contributed by atoms with Crippen LogP contribution in [0.15, 0.2) is 12.1 Å². The van der Waals surface area contributed by atoms with Crippen LogP contribution in [0.5, 0.6) is 5.75 Å². The van der Waals surface area contributed by atoms with Crippen molar-refractivity contribution in [2.24, 2.45) is 5.73 Å². The van der Waals surface area contributed by atoms with Gasteiger partial charge in [0.05, 0.1) is 44.0 Å². The van der Waals surface area contributed by atoms with Crippen molar-refractivity contribution in [1.82, 2.24) is 4.90 Å². The van der Waals surface area contributed by atoms with Crippen molar-refractivity contribution in [3.05, 3.63) is 23.3 Å². The van der Waals surface area contributed by atoms with Crippen LogP contribution in [0.1, 0.15) is 21.8 Å². The van der Waals surface area contributed by atoms with Gasteiger partial charge < -0.3 is 30.2 Å². The molecule has 0 aliphatic carbocycles. The number of anilines is 1. The highest BCUT2D eigenvalue weighted by Crippen LogP contribution is 2.56. The molecule has 156 valence electrons. The fraction of sp³-hybridized carbons (Fsp3) is 0.471. The lowest BCUT2D eigenvalue weighted by molar-refractivity contribution is -0.250. The van der Waals surface area contributed by atoms with Crippen LogP contribution >= 0.6 is 0 Å². The van der Waals surface area contributed by atoms with Crippen LogP contribution in [0, 0.1) is 0 Å². The van der Waals surface area contributed by atoms with Gasteiger partial charge in [-0.1, -0.05) is 0 Å². The van der Waals surface area contributed by atoms with Gasteiger partial charge in [0.2, 0.25) is 5.79 Å². The van der Waals surface area contributed by atoms with E-state index in [0.29, 0.717) is 0 Å². The van der Waals surface area contributed by atoms with Crippen LogP contribution in [-0.2, 0) is 19.0 Å². The van der Waals surface area contributed by atoms with Crippen molar-refractivity contribution in [2.45, 2.75) is 23.8 Å². The molecule has 3 heterocycles. The first-order chi connectivity index (χ1) is 13.7. The predicted molar refractivity (Wildman–Crippen MR) is 92.9 cm³/mol. The van der Waals surface area contributed by atoms with Gasteiger partial charge >= 0.3 is 18.2 Å². The molecule has 1 aromatic rings. The number of esters is 1. The Morgan fingerprint density at radius 3 is 2.66 bits per heavy atom. The number of amides is 2. The molecule has 0 radical (unpaired) electrons. The fourth-order valence-corrected chi connectivity index (χ4v) is 4.15. The SMILES string of the molecule is COC(=O)c1cc(O)c2c(c1)N1C[C@H]3[C@H](N3C(=O)OC)[C@@](O)(O1)[C@H]2COC(N)=O. The number of hydrogen-bond donors (Lipinski definition) is 3. The second kappa shape index (κ2) is 6.39. The van der Waals surface area contributed by atoms with E-state index in [0.717, 1.165) is 0 Å². The van der Waals surface area contributed by atoms with Crippen molar-refractivity contribution in [3.63, 3.8) is 0 Å². The number of aromatic hydroxyl groups is 1. The monoisotopic (exact) mass is 409 g/mol. The third-order valence-electron chi connectivity index (χ3n) is 5.42. The Hall–Kier alpha value is -3.25. The van der Waals surface area contributed by atoms with Crippen molar-refractivity contribution < 1.29 is 43.6 Å². The zero-order chi connectivity index (χ0) is 21.1. The summed E-state index contributed by atoms with van der Waals surface area (Å²) in [5, 5.41) is 23.3. The van der Waals surface area contributed by atoms with Crippen LogP contribution in [0.4, 0.5) is 15.3 Å². The largest absolute Gasteiger partial charge is 0.508 e. The summed E-state index contributed by atoms with van der Waals surface area (Å²) in [4.78, 5) is 42.2. The van der Waals surface area contributed by atoms with Gasteiger partial charge in [-0.25, -0.2) is 24.3 Å². The number of carbonyl (C=O) groups excluding carboxylic acids is 3. The van der Waals surface area contributed by atoms with E-state index in [-0.39, 0.29) is 29.1 Å². The molecule has 1 aromatic carbocycles. The molecule has 3 aliphatic rings. The molecule has 4 rings (SSSR count). The Morgan fingerprint density at radius 2 is 2.03 bits per heavy atom. The van der Waals surface area contributed by atoms with Crippen molar-refractivity contribution in [1.29, 1.82) is 0 Å². The van der Waals surface area contributed by atoms with Gasteiger partial charge in [0, 0.05) is 5.56 Å². The number of primary amides is 1. The normalized spacial score (nSPS) is 28.7. The third kappa shape index (κ3) is 2.71. The molecule has 12 nitrogen and oxygen atoms in total. The standard InChI is InChI=1S/C17H19N3O9/c1-26-14(22)7-3-9-12(11(21)4-7)8(6-28-15(18)23)17(25)13-10(5-19(9)29-17)20(13)16(24)27-2/h3-4,8,10,13,21,25H,5-6H2,1-2H3,(H2,18,23)/t8-,10-,13-,17-,20?/m0/s1. The van der Waals surface area contributed by atoms with Gasteiger partial charge in [-0.05, 0) is 12.1 Å². The second-order valence-electron chi connectivity index (χ2n) is 6.90. The number of phenolic OH excluding ortho intramolecular Hbond substituents is 1. The number of methoxy groups -OCH3 is 2. The zero-order valence-electron chi connectivity index (χ0n) is 15.5. The summed E-state index contributed by atoms with van der Waals surface area (Å²) in [6.45, 7) is -0.279. The Labute approximate surface area is 164 Å². The minimum Gasteiger partial charge on any atom is -0.508 e. The maximum atomic E-state index is 12.1. The Kier molecular flexibility index (Phi) is 4.20. The van der Waals surface area contributed by atoms with E-state index < -0.39 is 48.6 Å². The molecular formula is C17H19N3O9. The van der Waals surface area contributed by atoms with Gasteiger partial charge in [0.25, 0.3) is 0 Å². The predicted octanol–water partition coefficient (Wildman–Crippen LogP) is -0.369. The minimum atomic E-state index is -2.02. The van der Waals surface area contributed by atoms with E-state index in [4.69, 9.17) is 24.8 Å². The molecule has 4 atom stereocenters. The molecule has 0 unspecified atom stereocenters. The van der Waals surface area contributed by atoms with Crippen molar-refractivity contribution in [2.75, 3.05) is 32.4 Å². The van der Waals surface area contributed by atoms with E-state index in [1.807, 2.05) is 0 Å². The van der Waals surface area contributed by atoms with E-state index in [1.54, 1.807) is 0 Å². The number of carbonyl (C=O) groups is 3. The van der Waals surface area contributed by atoms with Crippen LogP contribution in [0.3, 0.4) is 0 Å². The maximum Gasteiger partial charge on any atom is 0.410 e. The van der Waals surface area contributed by atoms with Crippen LogP contribution in [0.25, 0.3) is 0 Å². The summed E-state index contributed by atoms with van der Waals surface area (Å²) in [6.07, 6.45) is -1.75. The van der Waals surface area contributed by atoms with Crippen molar-refractivity contribution in [3.8, 4) is 5.75 Å². The molecule has 0 aromatic heterocycles. The molecule has 3 aliphatic heterocycles. The smallest absolute Gasteiger partial charge is 0.410 e. The van der Waals surface area contributed by atoms with E-state index >= 15 is 0 Å². The fourth-order valence-electron chi connectivity index (χ4n) is 4.15. The third-order valence-corrected chi connectivity index (χ3v) is 5.42. The second-order valence-corrected chi connectivity index (χ2v) is 6.90. The molecule has 12 heteroatoms. The molecule has 2 fully saturated rings. The average Bonchev–Trinajstić information content (AvgIpc) is 3.41. The number of hydrogen-bond acceptors (Lipinski definition) is 10. The average molecular weight is 409 g/mol. The van der Waals surface area contributed by atoms with Crippen molar-refractivity contribution >= 4 is 23.8 Å². The van der Waals surface area contributed by atoms with Crippen LogP contribution < -0.4 is 10.8 Å². The highest BCUT2D eigenvalue weighted by atomic mass is 16.8. The quantitative estimate of drug-likeness (QED) is 0.341. The number of ether oxygens (including phenoxy) is 3. The highest BCUT2D eigenvalue weighted by molar-refractivity contribution is 5.92. The zero-order valence-corrected chi connectivity index (χ0v) is 15.5. The topological polar surface area (TPSA) is 161 Å². The van der Waals surface area contributed by atoms with Crippen LogP contribution in [0.2, 0.25) is 0 Å². The molecule has 0 spiro atoms. The summed E-state index contributed by atoms with van der Waals surface area (Å²) < 4.78 is 14.3. The Balaban J connectivity index is 1.82. The molecule has 2 amide bonds. The summed E-state index contributed by atoms with van der Waals surface area (Å²) in [5.74, 6) is -4.15. The summed E-state index contributed by atoms with van der Waals surface area (Å²) in [5.41, 5.74) is 5.56. The number of benzene rings is 1. The number of rotatable bonds is 3. The summed E-state index contributed by atoms with van der Waals surface area (Å²) in [7, 11) is 2.41. The van der Waals surface area contributed by atoms with E-state index in [1.165, 1.54) is 36.3 Å². The molecular weight excluding hydrogens is 390 g/mol. The number of aliphatic hydroxyl groups is 1.